The van der Waals surface area contributed by atoms with Gasteiger partial charge in [0.05, 0.1) is 12.6 Å². The predicted molar refractivity (Wildman–Crippen MR) is 70.3 cm³/mol. The summed E-state index contributed by atoms with van der Waals surface area (Å²) in [6.07, 6.45) is 4.74. The van der Waals surface area contributed by atoms with Crippen LogP contribution in [0.4, 0.5) is 0 Å². The Kier molecular flexibility index (Phi) is 7.96. The van der Waals surface area contributed by atoms with Crippen molar-refractivity contribution in [1.82, 2.24) is 10.6 Å². The molecule has 0 heterocycles. The van der Waals surface area contributed by atoms with Gasteiger partial charge < -0.3 is 20.5 Å². The van der Waals surface area contributed by atoms with Crippen molar-refractivity contribution in [3.63, 3.8) is 0 Å². The maximum absolute atomic E-state index is 11.4. The van der Waals surface area contributed by atoms with Crippen LogP contribution < -0.4 is 10.6 Å². The van der Waals surface area contributed by atoms with Crippen LogP contribution >= 0.6 is 0 Å². The molecule has 1 rings (SSSR count). The van der Waals surface area contributed by atoms with Crippen LogP contribution in [0.5, 0.6) is 0 Å². The van der Waals surface area contributed by atoms with Crippen LogP contribution in [-0.2, 0) is 9.53 Å². The molecule has 5 nitrogen and oxygen atoms in total. The SMILES string of the molecule is COCCCNC(=O)CNCC1CCCC(O)C1. The Balaban J connectivity index is 1.97. The number of ether oxygens (including phenoxy) is 1. The monoisotopic (exact) mass is 258 g/mol. The van der Waals surface area contributed by atoms with Crippen LogP contribution in [0.15, 0.2) is 0 Å². The van der Waals surface area contributed by atoms with Crippen molar-refractivity contribution in [2.75, 3.05) is 33.4 Å². The van der Waals surface area contributed by atoms with Gasteiger partial charge in [-0.05, 0) is 38.1 Å². The minimum Gasteiger partial charge on any atom is -0.393 e. The van der Waals surface area contributed by atoms with Crippen molar-refractivity contribution in [3.8, 4) is 0 Å². The molecule has 2 atom stereocenters. The Bertz CT molecular complexity index is 236. The van der Waals surface area contributed by atoms with Gasteiger partial charge in [0, 0.05) is 20.3 Å². The largest absolute Gasteiger partial charge is 0.393 e. The molecule has 1 saturated carbocycles. The van der Waals surface area contributed by atoms with E-state index in [4.69, 9.17) is 4.74 Å². The molecule has 0 aromatic heterocycles. The quantitative estimate of drug-likeness (QED) is 0.547. The first-order chi connectivity index (χ1) is 8.72. The van der Waals surface area contributed by atoms with Crippen molar-refractivity contribution < 1.29 is 14.6 Å². The van der Waals surface area contributed by atoms with E-state index in [-0.39, 0.29) is 12.0 Å². The van der Waals surface area contributed by atoms with Crippen LogP contribution in [-0.4, -0.2) is 50.5 Å². The van der Waals surface area contributed by atoms with Crippen molar-refractivity contribution in [2.24, 2.45) is 5.92 Å². The van der Waals surface area contributed by atoms with Gasteiger partial charge in [-0.1, -0.05) is 6.42 Å². The number of amides is 1. The first kappa shape index (κ1) is 15.4. The highest BCUT2D eigenvalue weighted by Crippen LogP contribution is 2.23. The Morgan fingerprint density at radius 2 is 2.28 bits per heavy atom. The highest BCUT2D eigenvalue weighted by molar-refractivity contribution is 5.77. The van der Waals surface area contributed by atoms with Crippen molar-refractivity contribution in [1.29, 1.82) is 0 Å². The van der Waals surface area contributed by atoms with E-state index in [1.807, 2.05) is 0 Å². The zero-order valence-electron chi connectivity index (χ0n) is 11.3. The molecule has 5 heteroatoms. The smallest absolute Gasteiger partial charge is 0.233 e. The summed E-state index contributed by atoms with van der Waals surface area (Å²) in [5.74, 6) is 0.539. The third-order valence-corrected chi connectivity index (χ3v) is 3.32. The van der Waals surface area contributed by atoms with E-state index < -0.39 is 0 Å². The first-order valence-corrected chi connectivity index (χ1v) is 6.86. The molecule has 1 aliphatic carbocycles. The zero-order chi connectivity index (χ0) is 13.2. The Labute approximate surface area is 109 Å². The summed E-state index contributed by atoms with van der Waals surface area (Å²) in [5, 5.41) is 15.5. The molecule has 3 N–H and O–H groups in total. The minimum absolute atomic E-state index is 0.0301. The van der Waals surface area contributed by atoms with E-state index >= 15 is 0 Å². The van der Waals surface area contributed by atoms with Gasteiger partial charge in [0.25, 0.3) is 0 Å². The number of carbonyl (C=O) groups is 1. The molecule has 0 spiro atoms. The van der Waals surface area contributed by atoms with Crippen LogP contribution in [0.25, 0.3) is 0 Å². The highest BCUT2D eigenvalue weighted by Gasteiger charge is 2.19. The van der Waals surface area contributed by atoms with Crippen molar-refractivity contribution >= 4 is 5.91 Å². The summed E-state index contributed by atoms with van der Waals surface area (Å²) in [5.41, 5.74) is 0. The number of aliphatic hydroxyl groups is 1. The predicted octanol–water partition coefficient (Wildman–Crippen LogP) is 0.280. The summed E-state index contributed by atoms with van der Waals surface area (Å²) in [7, 11) is 1.65. The fourth-order valence-electron chi connectivity index (χ4n) is 2.34. The summed E-state index contributed by atoms with van der Waals surface area (Å²) in [6, 6.07) is 0. The number of methoxy groups -OCH3 is 1. The lowest BCUT2D eigenvalue weighted by molar-refractivity contribution is -0.120. The molecule has 106 valence electrons. The maximum atomic E-state index is 11.4. The summed E-state index contributed by atoms with van der Waals surface area (Å²) in [6.45, 7) is 2.52. The molecule has 1 fully saturated rings. The fourth-order valence-corrected chi connectivity index (χ4v) is 2.34. The molecule has 0 aromatic carbocycles. The number of aliphatic hydroxyl groups excluding tert-OH is 1. The summed E-state index contributed by atoms with van der Waals surface area (Å²) >= 11 is 0. The van der Waals surface area contributed by atoms with E-state index in [1.165, 1.54) is 0 Å². The molecule has 0 aliphatic heterocycles. The Hall–Kier alpha value is -0.650. The van der Waals surface area contributed by atoms with Crippen LogP contribution in [0.1, 0.15) is 32.1 Å². The second kappa shape index (κ2) is 9.30. The summed E-state index contributed by atoms with van der Waals surface area (Å²) < 4.78 is 4.90. The third kappa shape index (κ3) is 6.93. The minimum atomic E-state index is -0.145. The van der Waals surface area contributed by atoms with Gasteiger partial charge in [0.1, 0.15) is 0 Å². The average molecular weight is 258 g/mol. The Morgan fingerprint density at radius 1 is 1.44 bits per heavy atom. The molecule has 0 aromatic rings. The van der Waals surface area contributed by atoms with Gasteiger partial charge in [-0.3, -0.25) is 4.79 Å². The van der Waals surface area contributed by atoms with E-state index in [9.17, 15) is 9.90 Å². The number of rotatable bonds is 8. The van der Waals surface area contributed by atoms with Gasteiger partial charge >= 0.3 is 0 Å². The molecular weight excluding hydrogens is 232 g/mol. The number of carbonyl (C=O) groups excluding carboxylic acids is 1. The molecule has 1 aliphatic rings. The lowest BCUT2D eigenvalue weighted by Crippen LogP contribution is -2.37. The van der Waals surface area contributed by atoms with E-state index in [0.717, 1.165) is 38.6 Å². The van der Waals surface area contributed by atoms with Gasteiger partial charge in [-0.15, -0.1) is 0 Å². The molecular formula is C13H26N2O3. The van der Waals surface area contributed by atoms with Gasteiger partial charge in [0.15, 0.2) is 0 Å². The molecule has 2 unspecified atom stereocenters. The third-order valence-electron chi connectivity index (χ3n) is 3.32. The van der Waals surface area contributed by atoms with E-state index in [2.05, 4.69) is 10.6 Å². The first-order valence-electron chi connectivity index (χ1n) is 6.86. The van der Waals surface area contributed by atoms with E-state index in [1.54, 1.807) is 7.11 Å². The highest BCUT2D eigenvalue weighted by atomic mass is 16.5. The standard InChI is InChI=1S/C13H26N2O3/c1-18-7-3-6-15-13(17)10-14-9-11-4-2-5-12(16)8-11/h11-12,14,16H,2-10H2,1H3,(H,15,17). The lowest BCUT2D eigenvalue weighted by Gasteiger charge is -2.25. The number of nitrogens with one attached hydrogen (secondary N) is 2. The molecule has 0 bridgehead atoms. The Morgan fingerprint density at radius 3 is 3.00 bits per heavy atom. The zero-order valence-corrected chi connectivity index (χ0v) is 11.3. The van der Waals surface area contributed by atoms with Crippen LogP contribution in [0.2, 0.25) is 0 Å². The molecule has 1 amide bonds. The molecule has 0 saturated heterocycles. The van der Waals surface area contributed by atoms with Crippen LogP contribution in [0, 0.1) is 5.92 Å². The van der Waals surface area contributed by atoms with E-state index in [0.29, 0.717) is 25.6 Å². The van der Waals surface area contributed by atoms with Crippen molar-refractivity contribution in [2.45, 2.75) is 38.2 Å². The van der Waals surface area contributed by atoms with Crippen molar-refractivity contribution in [3.05, 3.63) is 0 Å². The second-order valence-corrected chi connectivity index (χ2v) is 5.01. The number of hydrogen-bond donors (Lipinski definition) is 3. The van der Waals surface area contributed by atoms with Gasteiger partial charge in [-0.25, -0.2) is 0 Å². The number of hydrogen-bond acceptors (Lipinski definition) is 4. The maximum Gasteiger partial charge on any atom is 0.233 e. The summed E-state index contributed by atoms with van der Waals surface area (Å²) in [4.78, 5) is 11.4. The van der Waals surface area contributed by atoms with Crippen LogP contribution in [0.3, 0.4) is 0 Å². The second-order valence-electron chi connectivity index (χ2n) is 5.01. The lowest BCUT2D eigenvalue weighted by atomic mass is 9.87. The average Bonchev–Trinajstić information content (AvgIpc) is 2.35. The normalized spacial score (nSPS) is 23.9. The topological polar surface area (TPSA) is 70.6 Å². The fraction of sp³-hybridized carbons (Fsp3) is 0.923. The molecule has 0 radical (unpaired) electrons. The van der Waals surface area contributed by atoms with Gasteiger partial charge in [-0.2, -0.15) is 0 Å². The van der Waals surface area contributed by atoms with Gasteiger partial charge in [0.2, 0.25) is 5.91 Å². The molecule has 18 heavy (non-hydrogen) atoms.